The third-order valence-corrected chi connectivity index (χ3v) is 4.22. The van der Waals surface area contributed by atoms with Gasteiger partial charge in [0.2, 0.25) is 0 Å². The quantitative estimate of drug-likeness (QED) is 0.859. The van der Waals surface area contributed by atoms with Gasteiger partial charge in [0, 0.05) is 22.6 Å². The molecule has 2 rings (SSSR count). The van der Waals surface area contributed by atoms with Crippen LogP contribution in [-0.4, -0.2) is 23.0 Å². The zero-order chi connectivity index (χ0) is 14.9. The smallest absolute Gasteiger partial charge is 0.253 e. The first kappa shape index (κ1) is 14.8. The van der Waals surface area contributed by atoms with Crippen LogP contribution in [0.3, 0.4) is 0 Å². The van der Waals surface area contributed by atoms with Gasteiger partial charge in [-0.15, -0.1) is 0 Å². The molecule has 1 aromatic carbocycles. The number of amides is 1. The molecular formula is C15H17BrN2O2. The van der Waals surface area contributed by atoms with Gasteiger partial charge in [-0.05, 0) is 44.5 Å². The molecule has 0 spiro atoms. The molecule has 0 saturated carbocycles. The zero-order valence-corrected chi connectivity index (χ0v) is 13.6. The van der Waals surface area contributed by atoms with Crippen molar-refractivity contribution in [2.24, 2.45) is 0 Å². The lowest BCUT2D eigenvalue weighted by Gasteiger charge is -2.17. The summed E-state index contributed by atoms with van der Waals surface area (Å²) in [6.45, 7) is 6.20. The van der Waals surface area contributed by atoms with E-state index >= 15 is 0 Å². The predicted molar refractivity (Wildman–Crippen MR) is 80.7 cm³/mol. The minimum Gasteiger partial charge on any atom is -0.361 e. The maximum absolute atomic E-state index is 12.4. The van der Waals surface area contributed by atoms with E-state index in [0.717, 1.165) is 27.1 Å². The second kappa shape index (κ2) is 5.79. The van der Waals surface area contributed by atoms with Gasteiger partial charge in [-0.1, -0.05) is 21.1 Å². The summed E-state index contributed by atoms with van der Waals surface area (Å²) in [5.41, 5.74) is 3.52. The molecule has 0 aliphatic carbocycles. The minimum absolute atomic E-state index is 0.0133. The van der Waals surface area contributed by atoms with E-state index in [1.54, 1.807) is 11.9 Å². The molecule has 0 aliphatic heterocycles. The number of aryl methyl sites for hydroxylation is 3. The number of carbonyl (C=O) groups is 1. The van der Waals surface area contributed by atoms with Gasteiger partial charge in [-0.2, -0.15) is 0 Å². The molecule has 2 aromatic rings. The molecule has 0 saturated heterocycles. The van der Waals surface area contributed by atoms with Crippen LogP contribution < -0.4 is 0 Å². The van der Waals surface area contributed by atoms with Crippen LogP contribution in [0.1, 0.15) is 32.9 Å². The molecule has 20 heavy (non-hydrogen) atoms. The topological polar surface area (TPSA) is 46.3 Å². The summed E-state index contributed by atoms with van der Waals surface area (Å²) >= 11 is 3.44. The summed E-state index contributed by atoms with van der Waals surface area (Å²) < 4.78 is 6.12. The van der Waals surface area contributed by atoms with E-state index in [9.17, 15) is 4.79 Å². The summed E-state index contributed by atoms with van der Waals surface area (Å²) in [6, 6.07) is 5.60. The third kappa shape index (κ3) is 2.93. The summed E-state index contributed by atoms with van der Waals surface area (Å²) in [4.78, 5) is 14.1. The summed E-state index contributed by atoms with van der Waals surface area (Å²) in [5, 5.41) is 3.91. The molecule has 1 amide bonds. The molecule has 1 aromatic heterocycles. The van der Waals surface area contributed by atoms with E-state index < -0.39 is 0 Å². The van der Waals surface area contributed by atoms with Crippen LogP contribution in [0.15, 0.2) is 27.2 Å². The van der Waals surface area contributed by atoms with Crippen LogP contribution in [0.25, 0.3) is 0 Å². The minimum atomic E-state index is -0.0133. The lowest BCUT2D eigenvalue weighted by atomic mass is 10.1. The first-order valence-electron chi connectivity index (χ1n) is 6.33. The van der Waals surface area contributed by atoms with E-state index in [2.05, 4.69) is 21.1 Å². The van der Waals surface area contributed by atoms with Crippen molar-refractivity contribution in [2.75, 3.05) is 7.05 Å². The summed E-state index contributed by atoms with van der Waals surface area (Å²) in [7, 11) is 1.78. The normalized spacial score (nSPS) is 10.7. The Morgan fingerprint density at radius 3 is 2.60 bits per heavy atom. The van der Waals surface area contributed by atoms with Crippen molar-refractivity contribution in [1.82, 2.24) is 10.1 Å². The number of benzene rings is 1. The fourth-order valence-corrected chi connectivity index (χ4v) is 2.28. The van der Waals surface area contributed by atoms with Gasteiger partial charge < -0.3 is 9.42 Å². The van der Waals surface area contributed by atoms with Gasteiger partial charge in [0.05, 0.1) is 12.2 Å². The van der Waals surface area contributed by atoms with Crippen molar-refractivity contribution in [1.29, 1.82) is 0 Å². The number of hydrogen-bond donors (Lipinski definition) is 0. The lowest BCUT2D eigenvalue weighted by molar-refractivity contribution is 0.0784. The highest BCUT2D eigenvalue weighted by molar-refractivity contribution is 9.10. The molecule has 0 unspecified atom stereocenters. The number of nitrogens with zero attached hydrogens (tertiary/aromatic N) is 2. The van der Waals surface area contributed by atoms with Gasteiger partial charge in [-0.3, -0.25) is 4.79 Å². The van der Waals surface area contributed by atoms with Crippen LogP contribution >= 0.6 is 15.9 Å². The Morgan fingerprint density at radius 1 is 1.35 bits per heavy atom. The molecule has 0 atom stereocenters. The van der Waals surface area contributed by atoms with Crippen LogP contribution in [0, 0.1) is 20.8 Å². The van der Waals surface area contributed by atoms with Crippen molar-refractivity contribution < 1.29 is 9.32 Å². The Hall–Kier alpha value is -1.62. The van der Waals surface area contributed by atoms with Gasteiger partial charge in [-0.25, -0.2) is 0 Å². The fourth-order valence-electron chi connectivity index (χ4n) is 2.03. The number of carbonyl (C=O) groups excluding carboxylic acids is 1. The Kier molecular flexibility index (Phi) is 4.28. The highest BCUT2D eigenvalue weighted by Gasteiger charge is 2.17. The monoisotopic (exact) mass is 336 g/mol. The van der Waals surface area contributed by atoms with Gasteiger partial charge in [0.1, 0.15) is 5.76 Å². The van der Waals surface area contributed by atoms with Gasteiger partial charge >= 0.3 is 0 Å². The number of rotatable bonds is 3. The molecule has 1 heterocycles. The zero-order valence-electron chi connectivity index (χ0n) is 12.0. The maximum atomic E-state index is 12.4. The molecule has 0 aliphatic rings. The fraction of sp³-hybridized carbons (Fsp3) is 0.333. The Labute approximate surface area is 126 Å². The van der Waals surface area contributed by atoms with E-state index in [0.29, 0.717) is 12.1 Å². The van der Waals surface area contributed by atoms with Crippen molar-refractivity contribution in [2.45, 2.75) is 27.3 Å². The first-order valence-corrected chi connectivity index (χ1v) is 7.13. The summed E-state index contributed by atoms with van der Waals surface area (Å²) in [6.07, 6.45) is 0. The van der Waals surface area contributed by atoms with E-state index in [1.165, 1.54) is 0 Å². The average molecular weight is 337 g/mol. The highest BCUT2D eigenvalue weighted by atomic mass is 79.9. The molecule has 0 fully saturated rings. The first-order chi connectivity index (χ1) is 9.40. The standard InChI is InChI=1S/C15H17BrN2O2/c1-9-7-12(5-6-14(9)16)15(19)18(4)8-13-10(2)17-20-11(13)3/h5-7H,8H2,1-4H3. The van der Waals surface area contributed by atoms with Crippen LogP contribution in [0.5, 0.6) is 0 Å². The Morgan fingerprint density at radius 2 is 2.05 bits per heavy atom. The van der Waals surface area contributed by atoms with E-state index in [1.807, 2.05) is 39.0 Å². The third-order valence-electron chi connectivity index (χ3n) is 3.33. The van der Waals surface area contributed by atoms with Crippen molar-refractivity contribution in [3.8, 4) is 0 Å². The van der Waals surface area contributed by atoms with E-state index in [-0.39, 0.29) is 5.91 Å². The Balaban J connectivity index is 2.18. The molecule has 0 radical (unpaired) electrons. The second-order valence-electron chi connectivity index (χ2n) is 4.93. The largest absolute Gasteiger partial charge is 0.361 e. The van der Waals surface area contributed by atoms with Crippen molar-refractivity contribution in [3.05, 3.63) is 50.8 Å². The van der Waals surface area contributed by atoms with Crippen LogP contribution in [0.2, 0.25) is 0 Å². The maximum Gasteiger partial charge on any atom is 0.253 e. The average Bonchev–Trinajstić information content (AvgIpc) is 2.72. The van der Waals surface area contributed by atoms with Gasteiger partial charge in [0.25, 0.3) is 5.91 Å². The highest BCUT2D eigenvalue weighted by Crippen LogP contribution is 2.19. The molecule has 4 nitrogen and oxygen atoms in total. The number of aromatic nitrogens is 1. The Bertz CT molecular complexity index is 630. The molecule has 0 N–H and O–H groups in total. The summed E-state index contributed by atoms with van der Waals surface area (Å²) in [5.74, 6) is 0.745. The van der Waals surface area contributed by atoms with Crippen molar-refractivity contribution in [3.63, 3.8) is 0 Å². The van der Waals surface area contributed by atoms with Gasteiger partial charge in [0.15, 0.2) is 0 Å². The van der Waals surface area contributed by atoms with Crippen LogP contribution in [-0.2, 0) is 6.54 Å². The molecule has 106 valence electrons. The second-order valence-corrected chi connectivity index (χ2v) is 5.78. The SMILES string of the molecule is Cc1cc(C(=O)N(C)Cc2c(C)noc2C)ccc1Br. The molecular weight excluding hydrogens is 320 g/mol. The van der Waals surface area contributed by atoms with Crippen LogP contribution in [0.4, 0.5) is 0 Å². The lowest BCUT2D eigenvalue weighted by Crippen LogP contribution is -2.26. The number of hydrogen-bond acceptors (Lipinski definition) is 3. The molecule has 0 bridgehead atoms. The van der Waals surface area contributed by atoms with Crippen molar-refractivity contribution >= 4 is 21.8 Å². The van der Waals surface area contributed by atoms with E-state index in [4.69, 9.17) is 4.52 Å². The molecule has 5 heteroatoms. The predicted octanol–water partition coefficient (Wildman–Crippen LogP) is 3.63. The number of halogens is 1.